The normalized spacial score (nSPS) is 11.6. The van der Waals surface area contributed by atoms with Gasteiger partial charge < -0.3 is 5.32 Å². The summed E-state index contributed by atoms with van der Waals surface area (Å²) in [5.41, 5.74) is 0.384. The van der Waals surface area contributed by atoms with Gasteiger partial charge in [0.1, 0.15) is 11.3 Å². The largest absolute Gasteiger partial charge is 0.416 e. The summed E-state index contributed by atoms with van der Waals surface area (Å²) in [5.74, 6) is -0.402. The van der Waals surface area contributed by atoms with E-state index in [2.05, 4.69) is 10.3 Å². The maximum Gasteiger partial charge on any atom is 0.416 e. The van der Waals surface area contributed by atoms with E-state index < -0.39 is 17.6 Å². The van der Waals surface area contributed by atoms with E-state index in [1.165, 1.54) is 16.8 Å². The first-order chi connectivity index (χ1) is 10.9. The summed E-state index contributed by atoms with van der Waals surface area (Å²) < 4.78 is 39.3. The van der Waals surface area contributed by atoms with Gasteiger partial charge in [-0.05, 0) is 17.7 Å². The number of rotatable bonds is 3. The van der Waals surface area contributed by atoms with Gasteiger partial charge in [-0.2, -0.15) is 13.2 Å². The molecule has 0 fully saturated rings. The first-order valence-electron chi connectivity index (χ1n) is 6.81. The lowest BCUT2D eigenvalue weighted by atomic mass is 10.2. The van der Waals surface area contributed by atoms with Crippen LogP contribution in [0.25, 0.3) is 5.65 Å². The minimum absolute atomic E-state index is 0.0738. The van der Waals surface area contributed by atoms with Crippen molar-refractivity contribution >= 4 is 11.6 Å². The molecule has 1 N–H and O–H groups in total. The Labute approximate surface area is 129 Å². The van der Waals surface area contributed by atoms with Gasteiger partial charge in [0.05, 0.1) is 11.8 Å². The van der Waals surface area contributed by atoms with E-state index in [9.17, 15) is 18.0 Å². The molecule has 3 rings (SSSR count). The van der Waals surface area contributed by atoms with Crippen molar-refractivity contribution in [3.8, 4) is 0 Å². The van der Waals surface area contributed by atoms with Gasteiger partial charge in [-0.15, -0.1) is 0 Å². The number of hydrogen-bond donors (Lipinski definition) is 1. The highest BCUT2D eigenvalue weighted by Gasteiger charge is 2.31. The Kier molecular flexibility index (Phi) is 3.77. The maximum absolute atomic E-state index is 12.7. The molecule has 3 aromatic rings. The zero-order valence-corrected chi connectivity index (χ0v) is 11.8. The van der Waals surface area contributed by atoms with Crippen LogP contribution < -0.4 is 5.32 Å². The summed E-state index contributed by atoms with van der Waals surface area (Å²) in [6.07, 6.45) is -1.98. The number of hydrogen-bond acceptors (Lipinski definition) is 2. The van der Waals surface area contributed by atoms with Crippen LogP contribution in [0, 0.1) is 0 Å². The van der Waals surface area contributed by atoms with Crippen molar-refractivity contribution in [1.82, 2.24) is 14.7 Å². The molecule has 118 valence electrons. The molecule has 2 aromatic heterocycles. The smallest absolute Gasteiger partial charge is 0.347 e. The van der Waals surface area contributed by atoms with Crippen molar-refractivity contribution in [2.45, 2.75) is 12.7 Å². The summed E-state index contributed by atoms with van der Waals surface area (Å²) >= 11 is 0. The zero-order valence-electron chi connectivity index (χ0n) is 11.8. The lowest BCUT2D eigenvalue weighted by Gasteiger charge is -2.08. The van der Waals surface area contributed by atoms with Gasteiger partial charge >= 0.3 is 6.18 Å². The number of nitrogens with one attached hydrogen (secondary N) is 1. The monoisotopic (exact) mass is 319 g/mol. The third-order valence-electron chi connectivity index (χ3n) is 3.37. The van der Waals surface area contributed by atoms with Gasteiger partial charge in [0.2, 0.25) is 0 Å². The number of fused-ring (bicyclic) bond motifs is 1. The van der Waals surface area contributed by atoms with Crippen LogP contribution in [-0.2, 0) is 12.7 Å². The Bertz CT molecular complexity index is 841. The fraction of sp³-hybridized carbons (Fsp3) is 0.125. The molecule has 0 radical (unpaired) electrons. The number of pyridine rings is 1. The average Bonchev–Trinajstić information content (AvgIpc) is 2.96. The van der Waals surface area contributed by atoms with Crippen molar-refractivity contribution in [2.75, 3.05) is 0 Å². The molecule has 0 aliphatic rings. The number of alkyl halides is 3. The molecule has 0 unspecified atom stereocenters. The van der Waals surface area contributed by atoms with Gasteiger partial charge in [0, 0.05) is 12.7 Å². The minimum Gasteiger partial charge on any atom is -0.347 e. The predicted octanol–water partition coefficient (Wildman–Crippen LogP) is 3.28. The first kappa shape index (κ1) is 15.1. The van der Waals surface area contributed by atoms with E-state index in [1.807, 2.05) is 30.3 Å². The quantitative estimate of drug-likeness (QED) is 0.805. The lowest BCUT2D eigenvalue weighted by Crippen LogP contribution is -2.24. The van der Waals surface area contributed by atoms with E-state index in [-0.39, 0.29) is 11.3 Å². The van der Waals surface area contributed by atoms with Crippen molar-refractivity contribution in [1.29, 1.82) is 0 Å². The first-order valence-corrected chi connectivity index (χ1v) is 6.81. The number of imidazole rings is 1. The Morgan fingerprint density at radius 2 is 1.91 bits per heavy atom. The van der Waals surface area contributed by atoms with E-state index in [1.54, 1.807) is 0 Å². The summed E-state index contributed by atoms with van der Waals surface area (Å²) in [6, 6.07) is 11.1. The summed E-state index contributed by atoms with van der Waals surface area (Å²) in [7, 11) is 0. The highest BCUT2D eigenvalue weighted by Crippen LogP contribution is 2.29. The molecule has 0 aliphatic carbocycles. The van der Waals surface area contributed by atoms with Crippen molar-refractivity contribution in [2.24, 2.45) is 0 Å². The van der Waals surface area contributed by atoms with Gasteiger partial charge in [0.25, 0.3) is 5.91 Å². The van der Waals surface area contributed by atoms with Crippen LogP contribution in [0.3, 0.4) is 0 Å². The summed E-state index contributed by atoms with van der Waals surface area (Å²) in [6.45, 7) is 0.327. The molecule has 4 nitrogen and oxygen atoms in total. The fourth-order valence-corrected chi connectivity index (χ4v) is 2.19. The Hall–Kier alpha value is -2.83. The van der Waals surface area contributed by atoms with Crippen LogP contribution in [0.4, 0.5) is 13.2 Å². The van der Waals surface area contributed by atoms with Crippen LogP contribution in [0.2, 0.25) is 0 Å². The third-order valence-corrected chi connectivity index (χ3v) is 3.37. The van der Waals surface area contributed by atoms with E-state index in [0.717, 1.165) is 17.7 Å². The number of carbonyl (C=O) groups is 1. The molecule has 0 saturated heterocycles. The molecule has 0 bridgehead atoms. The van der Waals surface area contributed by atoms with E-state index in [0.29, 0.717) is 6.54 Å². The average molecular weight is 319 g/mol. The molecule has 1 aromatic carbocycles. The van der Waals surface area contributed by atoms with Gasteiger partial charge in [-0.1, -0.05) is 30.3 Å². The van der Waals surface area contributed by atoms with Crippen LogP contribution in [0.5, 0.6) is 0 Å². The third kappa shape index (κ3) is 3.18. The number of carbonyl (C=O) groups excluding carboxylic acids is 1. The van der Waals surface area contributed by atoms with Gasteiger partial charge in [-0.3, -0.25) is 9.20 Å². The Morgan fingerprint density at radius 3 is 2.61 bits per heavy atom. The molecular weight excluding hydrogens is 307 g/mol. The standard InChI is InChI=1S/C16H12F3N3O/c17-16(18,19)12-6-7-22-13(10-20-14(22)8-12)15(23)21-9-11-4-2-1-3-5-11/h1-8,10H,9H2,(H,21,23). The molecular formula is C16H12F3N3O. The van der Waals surface area contributed by atoms with Crippen molar-refractivity contribution < 1.29 is 18.0 Å². The predicted molar refractivity (Wildman–Crippen MR) is 77.8 cm³/mol. The zero-order chi connectivity index (χ0) is 16.4. The second-order valence-electron chi connectivity index (χ2n) is 4.95. The molecule has 0 aliphatic heterocycles. The molecule has 23 heavy (non-hydrogen) atoms. The summed E-state index contributed by atoms with van der Waals surface area (Å²) in [5, 5.41) is 2.72. The van der Waals surface area contributed by atoms with Gasteiger partial charge in [-0.25, -0.2) is 4.98 Å². The highest BCUT2D eigenvalue weighted by molar-refractivity contribution is 5.93. The summed E-state index contributed by atoms with van der Waals surface area (Å²) in [4.78, 5) is 16.1. The molecule has 0 spiro atoms. The van der Waals surface area contributed by atoms with E-state index in [4.69, 9.17) is 0 Å². The van der Waals surface area contributed by atoms with Crippen molar-refractivity contribution in [3.63, 3.8) is 0 Å². The topological polar surface area (TPSA) is 46.4 Å². The maximum atomic E-state index is 12.7. The number of halogens is 3. The second-order valence-corrected chi connectivity index (χ2v) is 4.95. The molecule has 2 heterocycles. The molecule has 0 atom stereocenters. The van der Waals surface area contributed by atoms with E-state index >= 15 is 0 Å². The Balaban J connectivity index is 1.81. The fourth-order valence-electron chi connectivity index (χ4n) is 2.19. The second kappa shape index (κ2) is 5.75. The van der Waals surface area contributed by atoms with Crippen LogP contribution in [-0.4, -0.2) is 15.3 Å². The molecule has 1 amide bonds. The van der Waals surface area contributed by atoms with Crippen molar-refractivity contribution in [3.05, 3.63) is 71.7 Å². The van der Waals surface area contributed by atoms with Crippen LogP contribution in [0.15, 0.2) is 54.9 Å². The molecule has 0 saturated carbocycles. The highest BCUT2D eigenvalue weighted by atomic mass is 19.4. The number of aromatic nitrogens is 2. The van der Waals surface area contributed by atoms with Crippen LogP contribution in [0.1, 0.15) is 21.6 Å². The Morgan fingerprint density at radius 1 is 1.17 bits per heavy atom. The minimum atomic E-state index is -4.44. The van der Waals surface area contributed by atoms with Gasteiger partial charge in [0.15, 0.2) is 0 Å². The number of benzene rings is 1. The number of amides is 1. The lowest BCUT2D eigenvalue weighted by molar-refractivity contribution is -0.137. The SMILES string of the molecule is O=C(NCc1ccccc1)c1cnc2cc(C(F)(F)F)ccn12. The van der Waals surface area contributed by atoms with Crippen LogP contribution >= 0.6 is 0 Å². The molecule has 7 heteroatoms. The number of nitrogens with zero attached hydrogens (tertiary/aromatic N) is 2.